The highest BCUT2D eigenvalue weighted by atomic mass is 35.5. The summed E-state index contributed by atoms with van der Waals surface area (Å²) in [6.07, 6.45) is 3.04. The lowest BCUT2D eigenvalue weighted by Crippen LogP contribution is -2.41. The van der Waals surface area contributed by atoms with Gasteiger partial charge in [-0.1, -0.05) is 24.6 Å². The standard InChI is InChI=1S/C15H20ClFN2O/c1-2-9-19(10-11-5-4-8-18-11)15(20)12-6-3-7-13(16)14(12)17/h3,6-7,11,18H,2,4-5,8-10H2,1H3. The number of benzene rings is 1. The average molecular weight is 299 g/mol. The van der Waals surface area contributed by atoms with Gasteiger partial charge in [-0.05, 0) is 37.9 Å². The maximum Gasteiger partial charge on any atom is 0.256 e. The van der Waals surface area contributed by atoms with Crippen molar-refractivity contribution in [1.29, 1.82) is 0 Å². The highest BCUT2D eigenvalue weighted by Crippen LogP contribution is 2.20. The number of hydrogen-bond acceptors (Lipinski definition) is 2. The predicted molar refractivity (Wildman–Crippen MR) is 78.6 cm³/mol. The molecule has 1 fully saturated rings. The molecule has 0 spiro atoms. The summed E-state index contributed by atoms with van der Waals surface area (Å²) in [5, 5.41) is 3.36. The minimum absolute atomic E-state index is 0.00806. The molecule has 1 aliphatic heterocycles. The van der Waals surface area contributed by atoms with E-state index in [-0.39, 0.29) is 16.5 Å². The SMILES string of the molecule is CCCN(CC1CCCN1)C(=O)c1cccc(Cl)c1F. The van der Waals surface area contributed by atoms with Crippen LogP contribution in [0.5, 0.6) is 0 Å². The number of nitrogens with zero attached hydrogens (tertiary/aromatic N) is 1. The summed E-state index contributed by atoms with van der Waals surface area (Å²) in [6.45, 7) is 4.25. The van der Waals surface area contributed by atoms with E-state index >= 15 is 0 Å². The maximum atomic E-state index is 14.0. The first kappa shape index (κ1) is 15.3. The third-order valence-corrected chi connectivity index (χ3v) is 3.86. The van der Waals surface area contributed by atoms with Gasteiger partial charge in [0.25, 0.3) is 5.91 Å². The van der Waals surface area contributed by atoms with Gasteiger partial charge in [0.15, 0.2) is 5.82 Å². The second-order valence-corrected chi connectivity index (χ2v) is 5.55. The van der Waals surface area contributed by atoms with Crippen LogP contribution in [0, 0.1) is 5.82 Å². The van der Waals surface area contributed by atoms with E-state index in [1.54, 1.807) is 11.0 Å². The number of carbonyl (C=O) groups is 1. The Kier molecular flexibility index (Phi) is 5.38. The molecule has 1 saturated heterocycles. The van der Waals surface area contributed by atoms with E-state index in [2.05, 4.69) is 5.32 Å². The molecule has 0 bridgehead atoms. The van der Waals surface area contributed by atoms with Gasteiger partial charge in [-0.3, -0.25) is 4.79 Å². The van der Waals surface area contributed by atoms with E-state index in [9.17, 15) is 9.18 Å². The van der Waals surface area contributed by atoms with Gasteiger partial charge in [0.2, 0.25) is 0 Å². The van der Waals surface area contributed by atoms with Gasteiger partial charge < -0.3 is 10.2 Å². The molecule has 20 heavy (non-hydrogen) atoms. The molecule has 1 unspecified atom stereocenters. The van der Waals surface area contributed by atoms with Crippen LogP contribution in [0.25, 0.3) is 0 Å². The van der Waals surface area contributed by atoms with E-state index in [0.29, 0.717) is 19.1 Å². The van der Waals surface area contributed by atoms with E-state index in [1.165, 1.54) is 12.1 Å². The summed E-state index contributed by atoms with van der Waals surface area (Å²) in [5.74, 6) is -0.903. The second kappa shape index (κ2) is 7.04. The van der Waals surface area contributed by atoms with Gasteiger partial charge in [0.1, 0.15) is 0 Å². The molecule has 1 amide bonds. The number of nitrogens with one attached hydrogen (secondary N) is 1. The van der Waals surface area contributed by atoms with Gasteiger partial charge in [0, 0.05) is 19.1 Å². The Labute approximate surface area is 124 Å². The molecule has 3 nitrogen and oxygen atoms in total. The van der Waals surface area contributed by atoms with Crippen molar-refractivity contribution in [1.82, 2.24) is 10.2 Å². The molecule has 0 radical (unpaired) electrons. The van der Waals surface area contributed by atoms with Crippen LogP contribution < -0.4 is 5.32 Å². The van der Waals surface area contributed by atoms with Crippen LogP contribution in [-0.2, 0) is 0 Å². The number of rotatable bonds is 5. The van der Waals surface area contributed by atoms with Crippen LogP contribution in [0.1, 0.15) is 36.5 Å². The number of hydrogen-bond donors (Lipinski definition) is 1. The number of amides is 1. The molecule has 0 aromatic heterocycles. The molecule has 1 aliphatic rings. The van der Waals surface area contributed by atoms with Crippen LogP contribution in [0.15, 0.2) is 18.2 Å². The van der Waals surface area contributed by atoms with Gasteiger partial charge in [-0.2, -0.15) is 0 Å². The van der Waals surface area contributed by atoms with Crippen LogP contribution >= 0.6 is 11.6 Å². The Bertz CT molecular complexity index is 475. The molecular weight excluding hydrogens is 279 g/mol. The van der Waals surface area contributed by atoms with Gasteiger partial charge in [0.05, 0.1) is 10.6 Å². The summed E-state index contributed by atoms with van der Waals surface area (Å²) in [4.78, 5) is 14.2. The predicted octanol–water partition coefficient (Wildman–Crippen LogP) is 3.08. The van der Waals surface area contributed by atoms with Crippen molar-refractivity contribution in [2.75, 3.05) is 19.6 Å². The van der Waals surface area contributed by atoms with E-state index < -0.39 is 5.82 Å². The van der Waals surface area contributed by atoms with Crippen molar-refractivity contribution in [3.63, 3.8) is 0 Å². The Morgan fingerprint density at radius 1 is 1.55 bits per heavy atom. The lowest BCUT2D eigenvalue weighted by molar-refractivity contribution is 0.0737. The zero-order valence-electron chi connectivity index (χ0n) is 11.7. The van der Waals surface area contributed by atoms with Gasteiger partial charge >= 0.3 is 0 Å². The highest BCUT2D eigenvalue weighted by Gasteiger charge is 2.24. The largest absolute Gasteiger partial charge is 0.337 e. The molecule has 110 valence electrons. The fourth-order valence-corrected chi connectivity index (χ4v) is 2.74. The normalized spacial score (nSPS) is 18.2. The summed E-state index contributed by atoms with van der Waals surface area (Å²) < 4.78 is 14.0. The minimum atomic E-state index is -0.625. The van der Waals surface area contributed by atoms with Crippen molar-refractivity contribution in [2.24, 2.45) is 0 Å². The second-order valence-electron chi connectivity index (χ2n) is 5.15. The monoisotopic (exact) mass is 298 g/mol. The molecule has 1 aromatic rings. The first-order valence-corrected chi connectivity index (χ1v) is 7.48. The Morgan fingerprint density at radius 2 is 2.35 bits per heavy atom. The third kappa shape index (κ3) is 3.49. The number of carbonyl (C=O) groups excluding carboxylic acids is 1. The summed E-state index contributed by atoms with van der Waals surface area (Å²) in [6, 6.07) is 4.87. The number of halogens is 2. The zero-order valence-corrected chi connectivity index (χ0v) is 12.4. The molecule has 1 N–H and O–H groups in total. The summed E-state index contributed by atoms with van der Waals surface area (Å²) in [7, 11) is 0. The van der Waals surface area contributed by atoms with Crippen molar-refractivity contribution >= 4 is 17.5 Å². The van der Waals surface area contributed by atoms with Crippen LogP contribution in [-0.4, -0.2) is 36.5 Å². The van der Waals surface area contributed by atoms with Crippen molar-refractivity contribution in [3.8, 4) is 0 Å². The van der Waals surface area contributed by atoms with Crippen molar-refractivity contribution < 1.29 is 9.18 Å². The fraction of sp³-hybridized carbons (Fsp3) is 0.533. The highest BCUT2D eigenvalue weighted by molar-refractivity contribution is 6.31. The molecule has 5 heteroatoms. The molecule has 0 aliphatic carbocycles. The molecule has 2 rings (SSSR count). The topological polar surface area (TPSA) is 32.3 Å². The molecular formula is C15H20ClFN2O. The van der Waals surface area contributed by atoms with Gasteiger partial charge in [-0.25, -0.2) is 4.39 Å². The molecule has 1 atom stereocenters. The first-order chi connectivity index (χ1) is 9.63. The van der Waals surface area contributed by atoms with E-state index in [1.807, 2.05) is 6.92 Å². The lowest BCUT2D eigenvalue weighted by atomic mass is 10.1. The molecule has 0 saturated carbocycles. The van der Waals surface area contributed by atoms with Crippen molar-refractivity contribution in [3.05, 3.63) is 34.6 Å². The van der Waals surface area contributed by atoms with E-state index in [4.69, 9.17) is 11.6 Å². The minimum Gasteiger partial charge on any atom is -0.337 e. The first-order valence-electron chi connectivity index (χ1n) is 7.10. The summed E-state index contributed by atoms with van der Waals surface area (Å²) >= 11 is 5.75. The summed E-state index contributed by atoms with van der Waals surface area (Å²) in [5.41, 5.74) is 0.0592. The van der Waals surface area contributed by atoms with Crippen LogP contribution in [0.2, 0.25) is 5.02 Å². The van der Waals surface area contributed by atoms with Crippen molar-refractivity contribution in [2.45, 2.75) is 32.2 Å². The third-order valence-electron chi connectivity index (χ3n) is 3.57. The average Bonchev–Trinajstić information content (AvgIpc) is 2.94. The zero-order chi connectivity index (χ0) is 14.5. The quantitative estimate of drug-likeness (QED) is 0.906. The Hall–Kier alpha value is -1.13. The van der Waals surface area contributed by atoms with Crippen LogP contribution in [0.4, 0.5) is 4.39 Å². The lowest BCUT2D eigenvalue weighted by Gasteiger charge is -2.26. The molecule has 1 aromatic carbocycles. The Morgan fingerprint density at radius 3 is 3.00 bits per heavy atom. The fourth-order valence-electron chi connectivity index (χ4n) is 2.56. The van der Waals surface area contributed by atoms with Gasteiger partial charge in [-0.15, -0.1) is 0 Å². The molecule has 1 heterocycles. The maximum absolute atomic E-state index is 14.0. The Balaban J connectivity index is 2.14. The van der Waals surface area contributed by atoms with Crippen LogP contribution in [0.3, 0.4) is 0 Å². The van der Waals surface area contributed by atoms with E-state index in [0.717, 1.165) is 25.8 Å². The smallest absolute Gasteiger partial charge is 0.256 e.